The molecule has 2 N–H and O–H groups in total. The molecule has 2 amide bonds. The number of nitrogens with one attached hydrogen (secondary N) is 2. The summed E-state index contributed by atoms with van der Waals surface area (Å²) >= 11 is 0. The van der Waals surface area contributed by atoms with Crippen molar-refractivity contribution in [1.82, 2.24) is 10.6 Å². The molecule has 3 rings (SSSR count). The number of carbonyl (C=O) groups excluding carboxylic acids is 2. The van der Waals surface area contributed by atoms with E-state index in [-0.39, 0.29) is 12.1 Å². The van der Waals surface area contributed by atoms with E-state index in [1.165, 1.54) is 0 Å². The van der Waals surface area contributed by atoms with Gasteiger partial charge < -0.3 is 20.1 Å². The van der Waals surface area contributed by atoms with Crippen molar-refractivity contribution in [3.8, 4) is 5.75 Å². The Kier molecular flexibility index (Phi) is 7.92. The molecule has 0 saturated carbocycles. The second-order valence-corrected chi connectivity index (χ2v) is 8.23. The van der Waals surface area contributed by atoms with Crippen molar-refractivity contribution < 1.29 is 19.1 Å². The number of amides is 2. The van der Waals surface area contributed by atoms with Crippen LogP contribution in [-0.2, 0) is 16.1 Å². The van der Waals surface area contributed by atoms with Crippen LogP contribution >= 0.6 is 0 Å². The molecule has 1 atom stereocenters. The lowest BCUT2D eigenvalue weighted by molar-refractivity contribution is -0.143. The molecule has 0 aliphatic carbocycles. The number of allylic oxidation sites excluding steroid dienone is 1. The summed E-state index contributed by atoms with van der Waals surface area (Å²) in [7, 11) is 0. The standard InChI is InChI=1S/C26H32N2O4/c1-5-6-14-21-23(25(29)32-17(2)3)24(28-26(30)27-21)20-13-9-10-15-22(20)31-16-19-12-8-7-11-18(19)4/h7-13,15,17,24H,5-6,14,16H2,1-4H3,(H2,27,28,30). The maximum Gasteiger partial charge on any atom is 0.338 e. The maximum absolute atomic E-state index is 13.1. The molecule has 2 aromatic carbocycles. The fourth-order valence-corrected chi connectivity index (χ4v) is 3.70. The first-order valence-electron chi connectivity index (χ1n) is 11.2. The summed E-state index contributed by atoms with van der Waals surface area (Å²) in [4.78, 5) is 25.6. The molecule has 6 heteroatoms. The summed E-state index contributed by atoms with van der Waals surface area (Å²) in [5, 5.41) is 5.73. The van der Waals surface area contributed by atoms with Gasteiger partial charge in [-0.25, -0.2) is 9.59 Å². The fourth-order valence-electron chi connectivity index (χ4n) is 3.70. The van der Waals surface area contributed by atoms with Gasteiger partial charge in [0.1, 0.15) is 12.4 Å². The number of para-hydroxylation sites is 1. The highest BCUT2D eigenvalue weighted by molar-refractivity contribution is 5.95. The summed E-state index contributed by atoms with van der Waals surface area (Å²) in [6, 6.07) is 14.5. The molecule has 0 aromatic heterocycles. The van der Waals surface area contributed by atoms with Crippen LogP contribution in [0.3, 0.4) is 0 Å². The van der Waals surface area contributed by atoms with Gasteiger partial charge >= 0.3 is 12.0 Å². The summed E-state index contributed by atoms with van der Waals surface area (Å²) in [6.45, 7) is 8.13. The zero-order chi connectivity index (χ0) is 23.1. The zero-order valence-corrected chi connectivity index (χ0v) is 19.2. The summed E-state index contributed by atoms with van der Waals surface area (Å²) in [6.07, 6.45) is 2.12. The summed E-state index contributed by atoms with van der Waals surface area (Å²) in [5.74, 6) is 0.185. The monoisotopic (exact) mass is 436 g/mol. The lowest BCUT2D eigenvalue weighted by atomic mass is 9.93. The Bertz CT molecular complexity index is 997. The number of aryl methyl sites for hydroxylation is 1. The lowest BCUT2D eigenvalue weighted by Crippen LogP contribution is -2.46. The van der Waals surface area contributed by atoms with E-state index in [1.54, 1.807) is 0 Å². The SMILES string of the molecule is CCCCC1=C(C(=O)OC(C)C)C(c2ccccc2OCc2ccccc2C)NC(=O)N1. The summed E-state index contributed by atoms with van der Waals surface area (Å²) in [5.41, 5.74) is 3.98. The van der Waals surface area contributed by atoms with Gasteiger partial charge in [0.15, 0.2) is 0 Å². The molecule has 170 valence electrons. The highest BCUT2D eigenvalue weighted by atomic mass is 16.5. The van der Waals surface area contributed by atoms with Crippen molar-refractivity contribution in [3.63, 3.8) is 0 Å². The van der Waals surface area contributed by atoms with Crippen LogP contribution in [0.15, 0.2) is 59.8 Å². The molecule has 0 saturated heterocycles. The Morgan fingerprint density at radius 2 is 1.81 bits per heavy atom. The molecule has 32 heavy (non-hydrogen) atoms. The number of rotatable bonds is 9. The molecular weight excluding hydrogens is 404 g/mol. The van der Waals surface area contributed by atoms with Crippen LogP contribution < -0.4 is 15.4 Å². The van der Waals surface area contributed by atoms with E-state index in [0.717, 1.165) is 29.5 Å². The molecule has 1 unspecified atom stereocenters. The largest absolute Gasteiger partial charge is 0.489 e. The van der Waals surface area contributed by atoms with Crippen molar-refractivity contribution in [2.45, 2.75) is 65.7 Å². The van der Waals surface area contributed by atoms with Crippen molar-refractivity contribution in [3.05, 3.63) is 76.5 Å². The van der Waals surface area contributed by atoms with E-state index >= 15 is 0 Å². The van der Waals surface area contributed by atoms with E-state index in [1.807, 2.05) is 69.3 Å². The molecule has 0 radical (unpaired) electrons. The quantitative estimate of drug-likeness (QED) is 0.521. The first-order chi connectivity index (χ1) is 15.4. The Hall–Kier alpha value is -3.28. The van der Waals surface area contributed by atoms with Gasteiger partial charge in [-0.15, -0.1) is 0 Å². The number of hydrogen-bond donors (Lipinski definition) is 2. The van der Waals surface area contributed by atoms with Crippen LogP contribution in [0.4, 0.5) is 4.79 Å². The van der Waals surface area contributed by atoms with E-state index in [4.69, 9.17) is 9.47 Å². The Labute approximate surface area is 190 Å². The minimum absolute atomic E-state index is 0.270. The van der Waals surface area contributed by atoms with Crippen LogP contribution in [0.25, 0.3) is 0 Å². The first kappa shape index (κ1) is 23.4. The van der Waals surface area contributed by atoms with Gasteiger partial charge in [-0.1, -0.05) is 55.8 Å². The van der Waals surface area contributed by atoms with Gasteiger partial charge in [-0.05, 0) is 50.8 Å². The van der Waals surface area contributed by atoms with Gasteiger partial charge in [0.2, 0.25) is 0 Å². The highest BCUT2D eigenvalue weighted by Gasteiger charge is 2.35. The molecule has 0 bridgehead atoms. The van der Waals surface area contributed by atoms with E-state index in [9.17, 15) is 9.59 Å². The number of ether oxygens (including phenoxy) is 2. The van der Waals surface area contributed by atoms with Crippen molar-refractivity contribution >= 4 is 12.0 Å². The van der Waals surface area contributed by atoms with Crippen LogP contribution in [-0.4, -0.2) is 18.1 Å². The molecule has 6 nitrogen and oxygen atoms in total. The second-order valence-electron chi connectivity index (χ2n) is 8.23. The second kappa shape index (κ2) is 10.8. The smallest absolute Gasteiger partial charge is 0.338 e. The van der Waals surface area contributed by atoms with Crippen LogP contribution in [0.1, 0.15) is 62.8 Å². The molecule has 1 aliphatic rings. The average molecular weight is 437 g/mol. The molecule has 1 heterocycles. The van der Waals surface area contributed by atoms with Crippen LogP contribution in [0, 0.1) is 6.92 Å². The van der Waals surface area contributed by atoms with Gasteiger partial charge in [0.25, 0.3) is 0 Å². The molecule has 0 fully saturated rings. The van der Waals surface area contributed by atoms with Crippen LogP contribution in [0.5, 0.6) is 5.75 Å². The topological polar surface area (TPSA) is 76.7 Å². The van der Waals surface area contributed by atoms with Gasteiger partial charge in [-0.3, -0.25) is 0 Å². The normalized spacial score (nSPS) is 15.9. The number of benzene rings is 2. The Morgan fingerprint density at radius 3 is 2.53 bits per heavy atom. The minimum Gasteiger partial charge on any atom is -0.489 e. The van der Waals surface area contributed by atoms with Gasteiger partial charge in [0.05, 0.1) is 17.7 Å². The Balaban J connectivity index is 1.98. The molecular formula is C26H32N2O4. The van der Waals surface area contributed by atoms with Gasteiger partial charge in [0, 0.05) is 11.3 Å². The van der Waals surface area contributed by atoms with E-state index in [2.05, 4.69) is 17.6 Å². The van der Waals surface area contributed by atoms with E-state index in [0.29, 0.717) is 30.0 Å². The third-order valence-corrected chi connectivity index (χ3v) is 5.37. The highest BCUT2D eigenvalue weighted by Crippen LogP contribution is 2.35. The van der Waals surface area contributed by atoms with E-state index < -0.39 is 12.0 Å². The third-order valence-electron chi connectivity index (χ3n) is 5.37. The fraction of sp³-hybridized carbons (Fsp3) is 0.385. The molecule has 2 aromatic rings. The van der Waals surface area contributed by atoms with Crippen molar-refractivity contribution in [2.75, 3.05) is 0 Å². The predicted octanol–water partition coefficient (Wildman–Crippen LogP) is 5.32. The number of unbranched alkanes of at least 4 members (excludes halogenated alkanes) is 1. The first-order valence-corrected chi connectivity index (χ1v) is 11.2. The lowest BCUT2D eigenvalue weighted by Gasteiger charge is -2.31. The minimum atomic E-state index is -0.657. The zero-order valence-electron chi connectivity index (χ0n) is 19.2. The Morgan fingerprint density at radius 1 is 1.09 bits per heavy atom. The number of esters is 1. The third kappa shape index (κ3) is 5.69. The average Bonchev–Trinajstić information content (AvgIpc) is 2.76. The molecule has 0 spiro atoms. The van der Waals surface area contributed by atoms with Gasteiger partial charge in [-0.2, -0.15) is 0 Å². The van der Waals surface area contributed by atoms with Crippen LogP contribution in [0.2, 0.25) is 0 Å². The van der Waals surface area contributed by atoms with Crippen molar-refractivity contribution in [1.29, 1.82) is 0 Å². The maximum atomic E-state index is 13.1. The number of hydrogen-bond acceptors (Lipinski definition) is 4. The summed E-state index contributed by atoms with van der Waals surface area (Å²) < 4.78 is 11.7. The van der Waals surface area contributed by atoms with Crippen molar-refractivity contribution in [2.24, 2.45) is 0 Å². The number of carbonyl (C=O) groups is 2. The molecule has 1 aliphatic heterocycles. The number of urea groups is 1. The predicted molar refractivity (Wildman–Crippen MR) is 124 cm³/mol.